The number of carboxylic acid groups (broad SMARTS) is 1. The molecule has 6 heteroatoms. The molecule has 0 radical (unpaired) electrons. The molecule has 0 unspecified atom stereocenters. The van der Waals surface area contributed by atoms with Crippen molar-refractivity contribution in [1.29, 1.82) is 0 Å². The van der Waals surface area contributed by atoms with Crippen LogP contribution in [0.1, 0.15) is 35.8 Å². The zero-order valence-corrected chi connectivity index (χ0v) is 8.89. The van der Waals surface area contributed by atoms with Crippen LogP contribution in [0, 0.1) is 0 Å². The van der Waals surface area contributed by atoms with Crippen LogP contribution in [-0.4, -0.2) is 25.7 Å². The highest BCUT2D eigenvalue weighted by molar-refractivity contribution is 5.85. The number of fused-ring (bicyclic) bond motifs is 1. The molecule has 0 aliphatic carbocycles. The van der Waals surface area contributed by atoms with Crippen LogP contribution < -0.4 is 5.56 Å². The van der Waals surface area contributed by atoms with Gasteiger partial charge >= 0.3 is 5.97 Å². The lowest BCUT2D eigenvalue weighted by Gasteiger charge is -2.01. The molecule has 84 valence electrons. The molecule has 0 saturated heterocycles. The molecule has 2 N–H and O–H groups in total. The minimum absolute atomic E-state index is 0.164. The molecule has 16 heavy (non-hydrogen) atoms. The van der Waals surface area contributed by atoms with E-state index < -0.39 is 11.5 Å². The van der Waals surface area contributed by atoms with Gasteiger partial charge in [0.2, 0.25) is 0 Å². The molecule has 6 nitrogen and oxygen atoms in total. The fourth-order valence-electron chi connectivity index (χ4n) is 1.53. The van der Waals surface area contributed by atoms with E-state index in [0.29, 0.717) is 5.65 Å². The topological polar surface area (TPSA) is 87.5 Å². The Labute approximate surface area is 90.5 Å². The van der Waals surface area contributed by atoms with Crippen LogP contribution >= 0.6 is 0 Å². The maximum absolute atomic E-state index is 11.6. The number of carbonyl (C=O) groups is 1. The SMILES string of the molecule is CC(C)c1c[nH]n2c(=O)cc(C(=O)O)nc12. The van der Waals surface area contributed by atoms with Crippen molar-refractivity contribution < 1.29 is 9.90 Å². The second-order valence-corrected chi connectivity index (χ2v) is 3.83. The van der Waals surface area contributed by atoms with Gasteiger partial charge in [-0.25, -0.2) is 14.3 Å². The van der Waals surface area contributed by atoms with Gasteiger partial charge < -0.3 is 5.11 Å². The van der Waals surface area contributed by atoms with Crippen molar-refractivity contribution in [3.8, 4) is 0 Å². The molecule has 0 amide bonds. The van der Waals surface area contributed by atoms with Crippen molar-refractivity contribution in [1.82, 2.24) is 14.6 Å². The molecule has 0 bridgehead atoms. The Balaban J connectivity index is 2.81. The monoisotopic (exact) mass is 221 g/mol. The lowest BCUT2D eigenvalue weighted by molar-refractivity contribution is 0.0690. The van der Waals surface area contributed by atoms with Crippen LogP contribution in [0.2, 0.25) is 0 Å². The van der Waals surface area contributed by atoms with E-state index in [0.717, 1.165) is 11.6 Å². The second kappa shape index (κ2) is 3.48. The summed E-state index contributed by atoms with van der Waals surface area (Å²) in [6.45, 7) is 3.89. The quantitative estimate of drug-likeness (QED) is 0.786. The van der Waals surface area contributed by atoms with Gasteiger partial charge in [-0.15, -0.1) is 0 Å². The average molecular weight is 221 g/mol. The summed E-state index contributed by atoms with van der Waals surface area (Å²) in [5.41, 5.74) is 0.543. The van der Waals surface area contributed by atoms with Crippen molar-refractivity contribution >= 4 is 11.6 Å². The van der Waals surface area contributed by atoms with Crippen LogP contribution in [0.25, 0.3) is 5.65 Å². The van der Waals surface area contributed by atoms with Crippen molar-refractivity contribution in [2.45, 2.75) is 19.8 Å². The number of hydrogen-bond acceptors (Lipinski definition) is 3. The Bertz CT molecular complexity index is 609. The van der Waals surface area contributed by atoms with E-state index in [2.05, 4.69) is 10.1 Å². The number of aromatic carboxylic acids is 1. The van der Waals surface area contributed by atoms with E-state index in [1.165, 1.54) is 4.52 Å². The van der Waals surface area contributed by atoms with Crippen LogP contribution in [0.4, 0.5) is 0 Å². The highest BCUT2D eigenvalue weighted by atomic mass is 16.4. The normalized spacial score (nSPS) is 11.2. The van der Waals surface area contributed by atoms with Gasteiger partial charge in [0.1, 0.15) is 0 Å². The molecule has 0 aliphatic heterocycles. The van der Waals surface area contributed by atoms with E-state index in [1.54, 1.807) is 6.20 Å². The van der Waals surface area contributed by atoms with Gasteiger partial charge in [0, 0.05) is 17.8 Å². The number of nitrogens with one attached hydrogen (secondary N) is 1. The average Bonchev–Trinajstić information content (AvgIpc) is 2.61. The number of aromatic amines is 1. The summed E-state index contributed by atoms with van der Waals surface area (Å²) in [5, 5.41) is 11.6. The maximum atomic E-state index is 11.6. The van der Waals surface area contributed by atoms with E-state index in [4.69, 9.17) is 5.11 Å². The van der Waals surface area contributed by atoms with Crippen molar-refractivity contribution in [3.63, 3.8) is 0 Å². The third-order valence-electron chi connectivity index (χ3n) is 2.37. The summed E-state index contributed by atoms with van der Waals surface area (Å²) in [6, 6.07) is 0.996. The summed E-state index contributed by atoms with van der Waals surface area (Å²) in [7, 11) is 0. The summed E-state index contributed by atoms with van der Waals surface area (Å²) in [5.74, 6) is -1.03. The standard InChI is InChI=1S/C10H11N3O3/c1-5(2)6-4-11-13-8(14)3-7(10(15)16)12-9(6)13/h3-5,11H,1-2H3,(H,15,16). The van der Waals surface area contributed by atoms with Crippen LogP contribution in [0.15, 0.2) is 17.1 Å². The first kappa shape index (κ1) is 10.4. The Morgan fingerprint density at radius 1 is 1.56 bits per heavy atom. The van der Waals surface area contributed by atoms with E-state index >= 15 is 0 Å². The predicted molar refractivity (Wildman–Crippen MR) is 56.9 cm³/mol. The van der Waals surface area contributed by atoms with Crippen LogP contribution in [0.3, 0.4) is 0 Å². The zero-order chi connectivity index (χ0) is 11.9. The Morgan fingerprint density at radius 2 is 2.25 bits per heavy atom. The fourth-order valence-corrected chi connectivity index (χ4v) is 1.53. The summed E-state index contributed by atoms with van der Waals surface area (Å²) in [4.78, 5) is 26.3. The highest BCUT2D eigenvalue weighted by Gasteiger charge is 2.14. The minimum atomic E-state index is -1.20. The number of H-pyrrole nitrogens is 1. The summed E-state index contributed by atoms with van der Waals surface area (Å²) in [6.07, 6.45) is 1.67. The first-order valence-corrected chi connectivity index (χ1v) is 4.85. The predicted octanol–water partition coefficient (Wildman–Crippen LogP) is 0.844. The molecule has 0 atom stereocenters. The number of aromatic nitrogens is 3. The van der Waals surface area contributed by atoms with Gasteiger partial charge in [0.05, 0.1) is 0 Å². The molecule has 2 heterocycles. The zero-order valence-electron chi connectivity index (χ0n) is 8.89. The molecule has 0 spiro atoms. The molecule has 2 rings (SSSR count). The minimum Gasteiger partial charge on any atom is -0.477 e. The summed E-state index contributed by atoms with van der Waals surface area (Å²) >= 11 is 0. The lowest BCUT2D eigenvalue weighted by atomic mass is 10.1. The Kier molecular flexibility index (Phi) is 2.26. The van der Waals surface area contributed by atoms with Gasteiger partial charge in [-0.2, -0.15) is 0 Å². The third-order valence-corrected chi connectivity index (χ3v) is 2.37. The Hall–Kier alpha value is -2.11. The third kappa shape index (κ3) is 1.48. The van der Waals surface area contributed by atoms with Gasteiger partial charge in [-0.05, 0) is 5.92 Å². The molecule has 0 aliphatic rings. The van der Waals surface area contributed by atoms with Crippen molar-refractivity contribution in [2.24, 2.45) is 0 Å². The molecule has 2 aromatic rings. The lowest BCUT2D eigenvalue weighted by Crippen LogP contribution is -2.17. The largest absolute Gasteiger partial charge is 0.477 e. The first-order valence-electron chi connectivity index (χ1n) is 4.85. The van der Waals surface area contributed by atoms with Crippen molar-refractivity contribution in [3.05, 3.63) is 33.9 Å². The maximum Gasteiger partial charge on any atom is 0.354 e. The second-order valence-electron chi connectivity index (χ2n) is 3.83. The molecule has 0 aromatic carbocycles. The molecule has 0 fully saturated rings. The molecule has 2 aromatic heterocycles. The fraction of sp³-hybridized carbons (Fsp3) is 0.300. The number of hydrogen-bond donors (Lipinski definition) is 2. The van der Waals surface area contributed by atoms with E-state index in [1.807, 2.05) is 13.8 Å². The smallest absolute Gasteiger partial charge is 0.354 e. The number of rotatable bonds is 2. The number of nitrogens with zero attached hydrogens (tertiary/aromatic N) is 2. The van der Waals surface area contributed by atoms with Gasteiger partial charge in [-0.3, -0.25) is 9.89 Å². The molecular weight excluding hydrogens is 210 g/mol. The van der Waals surface area contributed by atoms with Crippen molar-refractivity contribution in [2.75, 3.05) is 0 Å². The molecule has 0 saturated carbocycles. The van der Waals surface area contributed by atoms with Gasteiger partial charge in [-0.1, -0.05) is 13.8 Å². The molecular formula is C10H11N3O3. The van der Waals surface area contributed by atoms with E-state index in [9.17, 15) is 9.59 Å². The van der Waals surface area contributed by atoms with Gasteiger partial charge in [0.25, 0.3) is 5.56 Å². The number of carboxylic acids is 1. The first-order chi connectivity index (χ1) is 7.50. The Morgan fingerprint density at radius 3 is 2.81 bits per heavy atom. The summed E-state index contributed by atoms with van der Waals surface area (Å²) < 4.78 is 1.24. The highest BCUT2D eigenvalue weighted by Crippen LogP contribution is 2.17. The van der Waals surface area contributed by atoms with Crippen LogP contribution in [-0.2, 0) is 0 Å². The van der Waals surface area contributed by atoms with Gasteiger partial charge in [0.15, 0.2) is 11.3 Å². The van der Waals surface area contributed by atoms with Crippen LogP contribution in [0.5, 0.6) is 0 Å². The van der Waals surface area contributed by atoms with E-state index in [-0.39, 0.29) is 11.6 Å².